The Morgan fingerprint density at radius 3 is 2.90 bits per heavy atom. The number of aryl methyl sites for hydroxylation is 1. The minimum atomic E-state index is -3.54. The number of morpholine rings is 1. The van der Waals surface area contributed by atoms with Gasteiger partial charge in [0, 0.05) is 19.6 Å². The van der Waals surface area contributed by atoms with Gasteiger partial charge in [-0.2, -0.15) is 9.57 Å². The SMILES string of the molecule is CNCC1CN(S(=O)(=O)c2ccc(C#N)c(C)c2)CCO1. The predicted octanol–water partition coefficient (Wildman–Crippen LogP) is 0.476. The highest BCUT2D eigenvalue weighted by Crippen LogP contribution is 2.21. The topological polar surface area (TPSA) is 82.4 Å². The van der Waals surface area contributed by atoms with Gasteiger partial charge in [-0.15, -0.1) is 0 Å². The molecule has 0 amide bonds. The number of hydrogen-bond donors (Lipinski definition) is 1. The monoisotopic (exact) mass is 309 g/mol. The molecule has 2 rings (SSSR count). The molecule has 0 spiro atoms. The van der Waals surface area contributed by atoms with Crippen LogP contribution in [0, 0.1) is 18.3 Å². The maximum Gasteiger partial charge on any atom is 0.243 e. The summed E-state index contributed by atoms with van der Waals surface area (Å²) in [5.74, 6) is 0. The highest BCUT2D eigenvalue weighted by molar-refractivity contribution is 7.89. The summed E-state index contributed by atoms with van der Waals surface area (Å²) in [5.41, 5.74) is 1.16. The predicted molar refractivity (Wildman–Crippen MR) is 78.3 cm³/mol. The van der Waals surface area contributed by atoms with E-state index < -0.39 is 10.0 Å². The molecule has 0 saturated carbocycles. The van der Waals surface area contributed by atoms with Crippen molar-refractivity contribution in [2.75, 3.05) is 33.3 Å². The third-order valence-corrected chi connectivity index (χ3v) is 5.35. The van der Waals surface area contributed by atoms with Crippen LogP contribution >= 0.6 is 0 Å². The molecule has 0 aliphatic carbocycles. The van der Waals surface area contributed by atoms with Crippen molar-refractivity contribution in [2.45, 2.75) is 17.9 Å². The molecular weight excluding hydrogens is 290 g/mol. The van der Waals surface area contributed by atoms with Gasteiger partial charge in [0.1, 0.15) is 0 Å². The summed E-state index contributed by atoms with van der Waals surface area (Å²) >= 11 is 0. The van der Waals surface area contributed by atoms with E-state index >= 15 is 0 Å². The first-order valence-electron chi connectivity index (χ1n) is 6.76. The van der Waals surface area contributed by atoms with Gasteiger partial charge in [0.15, 0.2) is 0 Å². The third-order valence-electron chi connectivity index (χ3n) is 3.49. The fraction of sp³-hybridized carbons (Fsp3) is 0.500. The molecule has 1 aromatic carbocycles. The van der Waals surface area contributed by atoms with E-state index in [4.69, 9.17) is 10.00 Å². The summed E-state index contributed by atoms with van der Waals surface area (Å²) < 4.78 is 32.3. The van der Waals surface area contributed by atoms with Gasteiger partial charge in [-0.25, -0.2) is 8.42 Å². The third kappa shape index (κ3) is 3.41. The zero-order valence-electron chi connectivity index (χ0n) is 12.2. The Hall–Kier alpha value is -1.46. The number of nitrogens with zero attached hydrogens (tertiary/aromatic N) is 2. The van der Waals surface area contributed by atoms with Crippen molar-refractivity contribution in [2.24, 2.45) is 0 Å². The summed E-state index contributed by atoms with van der Waals surface area (Å²) in [5, 5.41) is 11.9. The van der Waals surface area contributed by atoms with E-state index in [0.29, 0.717) is 37.4 Å². The molecule has 21 heavy (non-hydrogen) atoms. The molecule has 1 heterocycles. The number of nitriles is 1. The first-order valence-corrected chi connectivity index (χ1v) is 8.20. The normalized spacial score (nSPS) is 20.1. The second-order valence-corrected chi connectivity index (χ2v) is 6.94. The fourth-order valence-electron chi connectivity index (χ4n) is 2.33. The Bertz CT molecular complexity index is 650. The Labute approximate surface area is 125 Å². The zero-order valence-corrected chi connectivity index (χ0v) is 13.0. The summed E-state index contributed by atoms with van der Waals surface area (Å²) in [6.45, 7) is 3.42. The first-order chi connectivity index (χ1) is 9.98. The van der Waals surface area contributed by atoms with Crippen molar-refractivity contribution in [1.82, 2.24) is 9.62 Å². The van der Waals surface area contributed by atoms with Gasteiger partial charge in [-0.3, -0.25) is 0 Å². The van der Waals surface area contributed by atoms with Crippen LogP contribution in [0.15, 0.2) is 23.1 Å². The smallest absolute Gasteiger partial charge is 0.243 e. The molecule has 1 N–H and O–H groups in total. The van der Waals surface area contributed by atoms with Crippen LogP contribution in [0.3, 0.4) is 0 Å². The highest BCUT2D eigenvalue weighted by Gasteiger charge is 2.30. The van der Waals surface area contributed by atoms with Crippen LogP contribution in [0.5, 0.6) is 0 Å². The molecule has 1 atom stereocenters. The van der Waals surface area contributed by atoms with Crippen LogP contribution in [-0.4, -0.2) is 52.1 Å². The van der Waals surface area contributed by atoms with Crippen LogP contribution in [0.4, 0.5) is 0 Å². The van der Waals surface area contributed by atoms with Gasteiger partial charge < -0.3 is 10.1 Å². The van der Waals surface area contributed by atoms with Gasteiger partial charge in [-0.1, -0.05) is 0 Å². The summed E-state index contributed by atoms with van der Waals surface area (Å²) in [4.78, 5) is 0.226. The number of sulfonamides is 1. The molecule has 6 nitrogen and oxygen atoms in total. The number of benzene rings is 1. The van der Waals surface area contributed by atoms with Crippen molar-refractivity contribution in [3.05, 3.63) is 29.3 Å². The number of ether oxygens (including phenoxy) is 1. The van der Waals surface area contributed by atoms with E-state index in [2.05, 4.69) is 5.32 Å². The quantitative estimate of drug-likeness (QED) is 0.874. The maximum absolute atomic E-state index is 12.7. The summed E-state index contributed by atoms with van der Waals surface area (Å²) in [6.07, 6.45) is -0.141. The van der Waals surface area contributed by atoms with E-state index in [9.17, 15) is 8.42 Å². The fourth-order valence-corrected chi connectivity index (χ4v) is 3.87. The van der Waals surface area contributed by atoms with E-state index in [1.165, 1.54) is 10.4 Å². The number of rotatable bonds is 4. The Kier molecular flexibility index (Phi) is 4.96. The standard InChI is InChI=1S/C14H19N3O3S/c1-11-7-14(4-3-12(11)8-15)21(18,19)17-5-6-20-13(10-17)9-16-2/h3-4,7,13,16H,5-6,9-10H2,1-2H3. The van der Waals surface area contributed by atoms with E-state index in [-0.39, 0.29) is 11.0 Å². The largest absolute Gasteiger partial charge is 0.374 e. The van der Waals surface area contributed by atoms with E-state index in [1.807, 2.05) is 6.07 Å². The van der Waals surface area contributed by atoms with Crippen LogP contribution in [0.2, 0.25) is 0 Å². The first kappa shape index (κ1) is 15.9. The zero-order chi connectivity index (χ0) is 15.5. The molecule has 1 unspecified atom stereocenters. The lowest BCUT2D eigenvalue weighted by atomic mass is 10.1. The molecule has 1 fully saturated rings. The highest BCUT2D eigenvalue weighted by atomic mass is 32.2. The minimum Gasteiger partial charge on any atom is -0.374 e. The molecule has 1 saturated heterocycles. The summed E-state index contributed by atoms with van der Waals surface area (Å²) in [7, 11) is -1.74. The molecular formula is C14H19N3O3S. The van der Waals surface area contributed by atoms with Crippen molar-refractivity contribution in [1.29, 1.82) is 5.26 Å². The van der Waals surface area contributed by atoms with Crippen LogP contribution in [0.1, 0.15) is 11.1 Å². The molecule has 0 radical (unpaired) electrons. The molecule has 1 aromatic rings. The second-order valence-electron chi connectivity index (χ2n) is 5.00. The van der Waals surface area contributed by atoms with E-state index in [0.717, 1.165) is 0 Å². The van der Waals surface area contributed by atoms with Crippen molar-refractivity contribution in [3.8, 4) is 6.07 Å². The number of nitrogens with one attached hydrogen (secondary N) is 1. The average molecular weight is 309 g/mol. The minimum absolute atomic E-state index is 0.141. The Morgan fingerprint density at radius 1 is 1.52 bits per heavy atom. The molecule has 0 aromatic heterocycles. The van der Waals surface area contributed by atoms with Crippen molar-refractivity contribution < 1.29 is 13.2 Å². The number of likely N-dealkylation sites (N-methyl/N-ethyl adjacent to an activating group) is 1. The van der Waals surface area contributed by atoms with Crippen molar-refractivity contribution in [3.63, 3.8) is 0 Å². The molecule has 0 bridgehead atoms. The van der Waals surface area contributed by atoms with Gasteiger partial charge >= 0.3 is 0 Å². The lowest BCUT2D eigenvalue weighted by Crippen LogP contribution is -2.48. The van der Waals surface area contributed by atoms with Crippen LogP contribution in [-0.2, 0) is 14.8 Å². The average Bonchev–Trinajstić information content (AvgIpc) is 2.48. The Balaban J connectivity index is 2.25. The molecule has 114 valence electrons. The molecule has 7 heteroatoms. The van der Waals surface area contributed by atoms with Gasteiger partial charge in [-0.05, 0) is 37.7 Å². The molecule has 1 aliphatic rings. The lowest BCUT2D eigenvalue weighted by Gasteiger charge is -2.32. The van der Waals surface area contributed by atoms with Gasteiger partial charge in [0.25, 0.3) is 0 Å². The van der Waals surface area contributed by atoms with Crippen molar-refractivity contribution >= 4 is 10.0 Å². The summed E-state index contributed by atoms with van der Waals surface area (Å²) in [6, 6.07) is 6.63. The lowest BCUT2D eigenvalue weighted by molar-refractivity contribution is 0.000823. The molecule has 1 aliphatic heterocycles. The van der Waals surface area contributed by atoms with Crippen LogP contribution < -0.4 is 5.32 Å². The Morgan fingerprint density at radius 2 is 2.29 bits per heavy atom. The second kappa shape index (κ2) is 6.54. The van der Waals surface area contributed by atoms with Gasteiger partial charge in [0.2, 0.25) is 10.0 Å². The maximum atomic E-state index is 12.7. The van der Waals surface area contributed by atoms with E-state index in [1.54, 1.807) is 26.1 Å². The van der Waals surface area contributed by atoms with Gasteiger partial charge in [0.05, 0.1) is 29.2 Å². The number of hydrogen-bond acceptors (Lipinski definition) is 5. The van der Waals surface area contributed by atoms with Crippen LogP contribution in [0.25, 0.3) is 0 Å².